The maximum atomic E-state index is 11.2. The molecule has 0 aliphatic rings. The molecule has 1 amide bonds. The molecule has 0 aliphatic carbocycles. The van der Waals surface area contributed by atoms with Gasteiger partial charge in [0.1, 0.15) is 18.7 Å². The van der Waals surface area contributed by atoms with Gasteiger partial charge < -0.3 is 15.0 Å². The molecule has 17 heavy (non-hydrogen) atoms. The summed E-state index contributed by atoms with van der Waals surface area (Å²) in [7, 11) is 0. The van der Waals surface area contributed by atoms with Gasteiger partial charge in [-0.15, -0.1) is 0 Å². The molecule has 7 heteroatoms. The Balaban J connectivity index is 2.83. The average molecular weight is 235 g/mol. The topological polar surface area (TPSA) is 112 Å². The summed E-state index contributed by atoms with van der Waals surface area (Å²) in [5.41, 5.74) is -1.02. The van der Waals surface area contributed by atoms with Gasteiger partial charge in [0, 0.05) is 18.5 Å². The predicted molar refractivity (Wildman–Crippen MR) is 56.3 cm³/mol. The second-order valence-corrected chi connectivity index (χ2v) is 3.14. The van der Waals surface area contributed by atoms with E-state index in [0.717, 1.165) is 12.3 Å². The summed E-state index contributed by atoms with van der Waals surface area (Å²) >= 11 is 0. The molecule has 88 valence electrons. The van der Waals surface area contributed by atoms with Gasteiger partial charge >= 0.3 is 5.97 Å². The Bertz CT molecular complexity index is 541. The number of aromatic carboxylic acids is 1. The Kier molecular flexibility index (Phi) is 4.00. The lowest BCUT2D eigenvalue weighted by Crippen LogP contribution is -2.28. The van der Waals surface area contributed by atoms with Gasteiger partial charge in [-0.25, -0.2) is 4.79 Å². The lowest BCUT2D eigenvalue weighted by Gasteiger charge is -2.06. The number of nitrogens with one attached hydrogen (secondary N) is 1. The molecule has 0 aliphatic heterocycles. The van der Waals surface area contributed by atoms with Crippen LogP contribution < -0.4 is 10.7 Å². The Morgan fingerprint density at radius 2 is 2.24 bits per heavy atom. The highest BCUT2D eigenvalue weighted by Gasteiger charge is 2.09. The second kappa shape index (κ2) is 5.46. The van der Waals surface area contributed by atoms with Crippen molar-refractivity contribution in [3.63, 3.8) is 0 Å². The van der Waals surface area contributed by atoms with Crippen molar-refractivity contribution in [3.8, 4) is 6.07 Å². The largest absolute Gasteiger partial charge is 0.477 e. The van der Waals surface area contributed by atoms with Crippen molar-refractivity contribution in [2.75, 3.05) is 6.54 Å². The Morgan fingerprint density at radius 1 is 1.53 bits per heavy atom. The summed E-state index contributed by atoms with van der Waals surface area (Å²) < 4.78 is 1.26. The van der Waals surface area contributed by atoms with E-state index in [9.17, 15) is 14.4 Å². The minimum atomic E-state index is -1.35. The van der Waals surface area contributed by atoms with E-state index >= 15 is 0 Å². The normalized spacial score (nSPS) is 9.35. The summed E-state index contributed by atoms with van der Waals surface area (Å²) in [6, 6.07) is 2.81. The molecule has 7 nitrogen and oxygen atoms in total. The zero-order valence-corrected chi connectivity index (χ0v) is 8.71. The molecular formula is C10H9N3O4. The van der Waals surface area contributed by atoms with Gasteiger partial charge in [-0.05, 0) is 0 Å². The van der Waals surface area contributed by atoms with Crippen LogP contribution in [0, 0.1) is 11.3 Å². The first kappa shape index (κ1) is 12.4. The number of hydrogen-bond acceptors (Lipinski definition) is 4. The van der Waals surface area contributed by atoms with E-state index < -0.39 is 22.9 Å². The molecule has 0 spiro atoms. The van der Waals surface area contributed by atoms with Crippen LogP contribution >= 0.6 is 0 Å². The highest BCUT2D eigenvalue weighted by Crippen LogP contribution is 1.93. The summed E-state index contributed by atoms with van der Waals surface area (Å²) in [6.07, 6.45) is 2.39. The van der Waals surface area contributed by atoms with E-state index in [-0.39, 0.29) is 13.1 Å². The first-order valence-electron chi connectivity index (χ1n) is 4.61. The maximum absolute atomic E-state index is 11.2. The van der Waals surface area contributed by atoms with Gasteiger partial charge in [0.2, 0.25) is 5.91 Å². The van der Waals surface area contributed by atoms with Gasteiger partial charge in [0.25, 0.3) is 0 Å². The molecule has 1 heterocycles. The van der Waals surface area contributed by atoms with E-state index in [0.29, 0.717) is 0 Å². The minimum Gasteiger partial charge on any atom is -0.477 e. The van der Waals surface area contributed by atoms with Crippen molar-refractivity contribution in [2.24, 2.45) is 0 Å². The molecule has 0 radical (unpaired) electrons. The Hall–Kier alpha value is -2.62. The molecule has 1 rings (SSSR count). The lowest BCUT2D eigenvalue weighted by molar-refractivity contribution is -0.121. The number of hydrogen-bond donors (Lipinski definition) is 2. The van der Waals surface area contributed by atoms with Crippen molar-refractivity contribution < 1.29 is 14.7 Å². The van der Waals surface area contributed by atoms with E-state index in [1.165, 1.54) is 10.8 Å². The second-order valence-electron chi connectivity index (χ2n) is 3.14. The van der Waals surface area contributed by atoms with Gasteiger partial charge in [-0.1, -0.05) is 0 Å². The highest BCUT2D eigenvalue weighted by atomic mass is 16.4. The number of carboxylic acids is 1. The molecule has 0 atom stereocenters. The number of carboxylic acid groups (broad SMARTS) is 1. The molecule has 0 saturated heterocycles. The smallest absolute Gasteiger partial charge is 0.341 e. The maximum Gasteiger partial charge on any atom is 0.341 e. The SMILES string of the molecule is N#CCNC(=O)Cn1ccc(=O)c(C(=O)O)c1. The van der Waals surface area contributed by atoms with E-state index in [1.54, 1.807) is 6.07 Å². The Morgan fingerprint density at radius 3 is 2.82 bits per heavy atom. The quantitative estimate of drug-likeness (QED) is 0.662. The molecule has 2 N–H and O–H groups in total. The molecule has 1 aromatic rings. The van der Waals surface area contributed by atoms with Gasteiger partial charge in [-0.2, -0.15) is 5.26 Å². The fourth-order valence-corrected chi connectivity index (χ4v) is 1.14. The van der Waals surface area contributed by atoms with Gasteiger partial charge in [0.15, 0.2) is 5.43 Å². The van der Waals surface area contributed by atoms with Crippen LogP contribution in [0.4, 0.5) is 0 Å². The zero-order valence-electron chi connectivity index (χ0n) is 8.71. The fraction of sp³-hybridized carbons (Fsp3) is 0.200. The van der Waals surface area contributed by atoms with Crippen LogP contribution in [0.25, 0.3) is 0 Å². The summed E-state index contributed by atoms with van der Waals surface area (Å²) in [5, 5.41) is 19.3. The number of pyridine rings is 1. The number of rotatable bonds is 4. The predicted octanol–water partition coefficient (Wildman–Crippen LogP) is -0.814. The minimum absolute atomic E-state index is 0.120. The van der Waals surface area contributed by atoms with E-state index in [4.69, 9.17) is 10.4 Å². The van der Waals surface area contributed by atoms with Crippen molar-refractivity contribution >= 4 is 11.9 Å². The number of nitrogens with zero attached hydrogens (tertiary/aromatic N) is 2. The standard InChI is InChI=1S/C10H9N3O4/c11-2-3-12-9(15)6-13-4-1-8(14)7(5-13)10(16)17/h1,4-5H,3,6H2,(H,12,15)(H,16,17). The van der Waals surface area contributed by atoms with E-state index in [2.05, 4.69) is 5.32 Å². The number of carbonyl (C=O) groups is 2. The Labute approximate surface area is 95.9 Å². The van der Waals surface area contributed by atoms with Crippen LogP contribution in [0.3, 0.4) is 0 Å². The third-order valence-electron chi connectivity index (χ3n) is 1.90. The average Bonchev–Trinajstić information content (AvgIpc) is 2.28. The number of amides is 1. The summed E-state index contributed by atoms with van der Waals surface area (Å²) in [5.74, 6) is -1.78. The number of aromatic nitrogens is 1. The van der Waals surface area contributed by atoms with Gasteiger partial charge in [-0.3, -0.25) is 9.59 Å². The first-order chi connectivity index (χ1) is 8.04. The molecule has 0 fully saturated rings. The zero-order chi connectivity index (χ0) is 12.8. The highest BCUT2D eigenvalue weighted by molar-refractivity contribution is 5.87. The molecule has 0 bridgehead atoms. The van der Waals surface area contributed by atoms with Crippen LogP contribution in [-0.4, -0.2) is 28.1 Å². The van der Waals surface area contributed by atoms with Crippen molar-refractivity contribution in [3.05, 3.63) is 34.2 Å². The lowest BCUT2D eigenvalue weighted by atomic mass is 10.3. The molecule has 0 saturated carbocycles. The number of carbonyl (C=O) groups excluding carboxylic acids is 1. The third kappa shape index (κ3) is 3.46. The summed E-state index contributed by atoms with van der Waals surface area (Å²) in [6.45, 7) is -0.271. The van der Waals surface area contributed by atoms with Crippen molar-refractivity contribution in [1.82, 2.24) is 9.88 Å². The van der Waals surface area contributed by atoms with Crippen LogP contribution in [-0.2, 0) is 11.3 Å². The molecular weight excluding hydrogens is 226 g/mol. The molecule has 1 aromatic heterocycles. The monoisotopic (exact) mass is 235 g/mol. The van der Waals surface area contributed by atoms with Gasteiger partial charge in [0.05, 0.1) is 6.07 Å². The van der Waals surface area contributed by atoms with Crippen LogP contribution in [0.5, 0.6) is 0 Å². The third-order valence-corrected chi connectivity index (χ3v) is 1.90. The number of nitriles is 1. The molecule has 0 aromatic carbocycles. The fourth-order valence-electron chi connectivity index (χ4n) is 1.14. The van der Waals surface area contributed by atoms with Crippen molar-refractivity contribution in [1.29, 1.82) is 5.26 Å². The molecule has 0 unspecified atom stereocenters. The van der Waals surface area contributed by atoms with Crippen LogP contribution in [0.15, 0.2) is 23.3 Å². The van der Waals surface area contributed by atoms with Crippen LogP contribution in [0.2, 0.25) is 0 Å². The van der Waals surface area contributed by atoms with E-state index in [1.807, 2.05) is 0 Å². The first-order valence-corrected chi connectivity index (χ1v) is 4.61. The van der Waals surface area contributed by atoms with Crippen molar-refractivity contribution in [2.45, 2.75) is 6.54 Å². The van der Waals surface area contributed by atoms with Crippen LogP contribution in [0.1, 0.15) is 10.4 Å². The summed E-state index contributed by atoms with van der Waals surface area (Å²) in [4.78, 5) is 33.0.